The predicted molar refractivity (Wildman–Crippen MR) is 130 cm³/mol. The molecular weight excluding hydrogens is 478 g/mol. The smallest absolute Gasteiger partial charge is 0.264 e. The summed E-state index contributed by atoms with van der Waals surface area (Å²) in [5.41, 5.74) is 0.708. The monoisotopic (exact) mass is 512 g/mol. The number of anilines is 1. The molecule has 8 nitrogen and oxygen atoms in total. The number of amides is 1. The van der Waals surface area contributed by atoms with Crippen molar-refractivity contribution in [1.29, 1.82) is 0 Å². The molecule has 11 heteroatoms. The first-order valence-electron chi connectivity index (χ1n) is 11.8. The Morgan fingerprint density at radius 1 is 1.34 bits per heavy atom. The Bertz CT molecular complexity index is 1150. The van der Waals surface area contributed by atoms with E-state index in [9.17, 15) is 22.0 Å². The lowest BCUT2D eigenvalue weighted by molar-refractivity contribution is -0.118. The SMILES string of the molecule is CCCC(NC1CCc2cc(F)cc(F)c2C1)C(=O)Nc1cn(C(C)(C)CCOS(C)(=O)=O)cn1. The molecule has 1 aliphatic rings. The van der Waals surface area contributed by atoms with Crippen molar-refractivity contribution in [2.45, 2.75) is 76.9 Å². The highest BCUT2D eigenvalue weighted by atomic mass is 32.2. The lowest BCUT2D eigenvalue weighted by atomic mass is 9.87. The van der Waals surface area contributed by atoms with E-state index < -0.39 is 33.3 Å². The number of carbonyl (C=O) groups excluding carboxylic acids is 1. The summed E-state index contributed by atoms with van der Waals surface area (Å²) in [6.07, 6.45) is 7.70. The van der Waals surface area contributed by atoms with Crippen molar-refractivity contribution in [2.75, 3.05) is 18.2 Å². The summed E-state index contributed by atoms with van der Waals surface area (Å²) in [5.74, 6) is -0.967. The summed E-state index contributed by atoms with van der Waals surface area (Å²) in [7, 11) is -3.51. The number of carbonyl (C=O) groups is 1. The first kappa shape index (κ1) is 27.2. The molecule has 0 saturated heterocycles. The summed E-state index contributed by atoms with van der Waals surface area (Å²) in [6, 6.07) is 1.70. The number of benzene rings is 1. The Hall–Kier alpha value is -2.37. The van der Waals surface area contributed by atoms with Crippen LogP contribution in [0, 0.1) is 11.6 Å². The fraction of sp³-hybridized carbons (Fsp3) is 0.583. The lowest BCUT2D eigenvalue weighted by Gasteiger charge is -2.29. The first-order chi connectivity index (χ1) is 16.4. The third-order valence-corrected chi connectivity index (χ3v) is 6.93. The van der Waals surface area contributed by atoms with Gasteiger partial charge in [0, 0.05) is 23.8 Å². The summed E-state index contributed by atoms with van der Waals surface area (Å²) in [6.45, 7) is 5.85. The molecule has 1 aromatic carbocycles. The third kappa shape index (κ3) is 7.55. The van der Waals surface area contributed by atoms with Crippen molar-refractivity contribution >= 4 is 21.8 Å². The Morgan fingerprint density at radius 2 is 2.09 bits per heavy atom. The van der Waals surface area contributed by atoms with Crippen LogP contribution >= 0.6 is 0 Å². The van der Waals surface area contributed by atoms with Crippen LogP contribution in [0.15, 0.2) is 24.7 Å². The van der Waals surface area contributed by atoms with Crippen LogP contribution in [0.1, 0.15) is 57.6 Å². The minimum atomic E-state index is -3.51. The van der Waals surface area contributed by atoms with Crippen LogP contribution in [0.2, 0.25) is 0 Å². The van der Waals surface area contributed by atoms with Crippen LogP contribution < -0.4 is 10.6 Å². The van der Waals surface area contributed by atoms with E-state index in [0.29, 0.717) is 49.0 Å². The van der Waals surface area contributed by atoms with Crippen molar-refractivity contribution in [3.05, 3.63) is 47.4 Å². The molecule has 0 radical (unpaired) electrons. The molecule has 194 valence electrons. The highest BCUT2D eigenvalue weighted by Crippen LogP contribution is 2.26. The number of nitrogens with zero attached hydrogens (tertiary/aromatic N) is 2. The topological polar surface area (TPSA) is 102 Å². The predicted octanol–water partition coefficient (Wildman–Crippen LogP) is 3.52. The van der Waals surface area contributed by atoms with Gasteiger partial charge in [-0.2, -0.15) is 8.42 Å². The highest BCUT2D eigenvalue weighted by molar-refractivity contribution is 7.85. The van der Waals surface area contributed by atoms with Gasteiger partial charge < -0.3 is 15.2 Å². The Labute approximate surface area is 205 Å². The van der Waals surface area contributed by atoms with E-state index in [4.69, 9.17) is 4.18 Å². The second-order valence-electron chi connectivity index (χ2n) is 9.72. The minimum absolute atomic E-state index is 0.0337. The van der Waals surface area contributed by atoms with E-state index in [2.05, 4.69) is 15.6 Å². The molecule has 1 heterocycles. The number of rotatable bonds is 11. The number of halogens is 2. The zero-order chi connectivity index (χ0) is 25.8. The van der Waals surface area contributed by atoms with Gasteiger partial charge in [0.25, 0.3) is 10.1 Å². The van der Waals surface area contributed by atoms with Gasteiger partial charge in [-0.15, -0.1) is 0 Å². The molecule has 2 N–H and O–H groups in total. The van der Waals surface area contributed by atoms with Gasteiger partial charge in [0.05, 0.1) is 25.2 Å². The number of imidazole rings is 1. The largest absolute Gasteiger partial charge is 0.330 e. The standard InChI is InChI=1S/C24H34F2N4O4S/c1-5-6-21(28-18-8-7-16-11-17(25)12-20(26)19(16)13-18)23(31)29-22-14-30(15-27-22)24(2,3)9-10-34-35(4,32)33/h11-12,14-15,18,21,28H,5-10,13H2,1-4H3,(H,29,31). The van der Waals surface area contributed by atoms with Crippen LogP contribution in [0.25, 0.3) is 0 Å². The molecule has 2 atom stereocenters. The molecule has 35 heavy (non-hydrogen) atoms. The number of aryl methyl sites for hydroxylation is 1. The molecule has 2 unspecified atom stereocenters. The van der Waals surface area contributed by atoms with Gasteiger partial charge in [-0.3, -0.25) is 8.98 Å². The van der Waals surface area contributed by atoms with Crippen molar-refractivity contribution in [3.8, 4) is 0 Å². The van der Waals surface area contributed by atoms with Gasteiger partial charge in [-0.25, -0.2) is 13.8 Å². The van der Waals surface area contributed by atoms with Gasteiger partial charge in [0.1, 0.15) is 11.6 Å². The highest BCUT2D eigenvalue weighted by Gasteiger charge is 2.28. The van der Waals surface area contributed by atoms with Crippen LogP contribution in [-0.2, 0) is 37.5 Å². The van der Waals surface area contributed by atoms with E-state index in [1.807, 2.05) is 20.8 Å². The second kappa shape index (κ2) is 11.1. The molecule has 0 aliphatic heterocycles. The number of hydrogen-bond donors (Lipinski definition) is 2. The fourth-order valence-electron chi connectivity index (χ4n) is 4.30. The average Bonchev–Trinajstić information content (AvgIpc) is 3.22. The van der Waals surface area contributed by atoms with Crippen molar-refractivity contribution in [1.82, 2.24) is 14.9 Å². The van der Waals surface area contributed by atoms with Crippen LogP contribution in [0.3, 0.4) is 0 Å². The molecule has 1 aliphatic carbocycles. The van der Waals surface area contributed by atoms with Gasteiger partial charge >= 0.3 is 0 Å². The van der Waals surface area contributed by atoms with E-state index >= 15 is 0 Å². The molecule has 1 amide bonds. The summed E-state index contributed by atoms with van der Waals surface area (Å²) < 4.78 is 56.8. The molecule has 0 saturated carbocycles. The van der Waals surface area contributed by atoms with Crippen LogP contribution in [0.4, 0.5) is 14.6 Å². The molecule has 0 fully saturated rings. The quantitative estimate of drug-likeness (QED) is 0.447. The van der Waals surface area contributed by atoms with E-state index in [1.54, 1.807) is 17.1 Å². The summed E-state index contributed by atoms with van der Waals surface area (Å²) in [4.78, 5) is 17.3. The van der Waals surface area contributed by atoms with Gasteiger partial charge in [0.15, 0.2) is 5.82 Å². The van der Waals surface area contributed by atoms with E-state index in [1.165, 1.54) is 6.07 Å². The van der Waals surface area contributed by atoms with Gasteiger partial charge in [0.2, 0.25) is 5.91 Å². The molecule has 3 rings (SSSR count). The maximum atomic E-state index is 14.3. The molecule has 2 aromatic rings. The van der Waals surface area contributed by atoms with Gasteiger partial charge in [-0.1, -0.05) is 13.3 Å². The molecule has 0 bridgehead atoms. The molecular formula is C24H34F2N4O4S. The normalized spacial score (nSPS) is 17.1. The van der Waals surface area contributed by atoms with Crippen molar-refractivity contribution < 1.29 is 26.2 Å². The number of aromatic nitrogens is 2. The molecule has 0 spiro atoms. The maximum absolute atomic E-state index is 14.3. The number of nitrogens with one attached hydrogen (secondary N) is 2. The zero-order valence-corrected chi connectivity index (χ0v) is 21.4. The Kier molecular flexibility index (Phi) is 8.66. The third-order valence-electron chi connectivity index (χ3n) is 6.34. The first-order valence-corrected chi connectivity index (χ1v) is 13.6. The summed E-state index contributed by atoms with van der Waals surface area (Å²) in [5, 5.41) is 6.20. The van der Waals surface area contributed by atoms with Crippen LogP contribution in [0.5, 0.6) is 0 Å². The van der Waals surface area contributed by atoms with Crippen LogP contribution in [-0.4, -0.2) is 48.8 Å². The summed E-state index contributed by atoms with van der Waals surface area (Å²) >= 11 is 0. The second-order valence-corrected chi connectivity index (χ2v) is 11.4. The molecule has 1 aromatic heterocycles. The Morgan fingerprint density at radius 3 is 2.77 bits per heavy atom. The Balaban J connectivity index is 1.62. The van der Waals surface area contributed by atoms with E-state index in [0.717, 1.165) is 18.7 Å². The van der Waals surface area contributed by atoms with Gasteiger partial charge in [-0.05, 0) is 63.1 Å². The van der Waals surface area contributed by atoms with Crippen molar-refractivity contribution in [3.63, 3.8) is 0 Å². The van der Waals surface area contributed by atoms with Crippen molar-refractivity contribution in [2.24, 2.45) is 0 Å². The number of fused-ring (bicyclic) bond motifs is 1. The average molecular weight is 513 g/mol. The minimum Gasteiger partial charge on any atom is -0.330 e. The van der Waals surface area contributed by atoms with E-state index in [-0.39, 0.29) is 18.6 Å². The fourth-order valence-corrected chi connectivity index (χ4v) is 4.68. The lowest BCUT2D eigenvalue weighted by Crippen LogP contribution is -2.48. The number of hydrogen-bond acceptors (Lipinski definition) is 6. The zero-order valence-electron chi connectivity index (χ0n) is 20.6. The maximum Gasteiger partial charge on any atom is 0.264 e.